The van der Waals surface area contributed by atoms with E-state index >= 15 is 0 Å². The van der Waals surface area contributed by atoms with Gasteiger partial charge in [0.2, 0.25) is 11.8 Å². The van der Waals surface area contributed by atoms with Crippen molar-refractivity contribution in [1.29, 1.82) is 0 Å². The molecule has 0 saturated carbocycles. The van der Waals surface area contributed by atoms with E-state index in [9.17, 15) is 19.5 Å². The molecule has 2 atom stereocenters. The van der Waals surface area contributed by atoms with Gasteiger partial charge in [0.15, 0.2) is 12.9 Å². The summed E-state index contributed by atoms with van der Waals surface area (Å²) in [6.45, 7) is 7.43. The second-order valence-electron chi connectivity index (χ2n) is 11.3. The Balaban J connectivity index is 1.04. The quantitative estimate of drug-likeness (QED) is 0.0826. The summed E-state index contributed by atoms with van der Waals surface area (Å²) >= 11 is 0. The Bertz CT molecular complexity index is 1100. The Morgan fingerprint density at radius 2 is 1.38 bits per heavy atom. The molecule has 2 aliphatic heterocycles. The van der Waals surface area contributed by atoms with E-state index in [0.29, 0.717) is 143 Å². The molecule has 0 spiro atoms. The average molecular weight is 715 g/mol. The van der Waals surface area contributed by atoms with Crippen molar-refractivity contribution in [2.75, 3.05) is 130 Å². The summed E-state index contributed by atoms with van der Waals surface area (Å²) in [4.78, 5) is 37.9. The molecular formula is C33H54N4O13. The number of aliphatic hydroxyl groups is 1. The zero-order valence-corrected chi connectivity index (χ0v) is 28.8. The summed E-state index contributed by atoms with van der Waals surface area (Å²) < 4.78 is 49.1. The predicted molar refractivity (Wildman–Crippen MR) is 179 cm³/mol. The van der Waals surface area contributed by atoms with Crippen LogP contribution in [-0.4, -0.2) is 161 Å². The maximum atomic E-state index is 12.2. The van der Waals surface area contributed by atoms with Gasteiger partial charge in [0.05, 0.1) is 98.6 Å². The molecule has 2 unspecified atom stereocenters. The molecular weight excluding hydrogens is 660 g/mol. The number of hydrogen-bond acceptors (Lipinski definition) is 14. The molecule has 5 N–H and O–H groups in total. The molecule has 284 valence electrons. The van der Waals surface area contributed by atoms with Crippen molar-refractivity contribution >= 4 is 23.4 Å². The molecule has 2 aliphatic rings. The number of nitrogens with one attached hydrogen (secondary N) is 2. The molecule has 0 aromatic heterocycles. The first-order valence-corrected chi connectivity index (χ1v) is 17.1. The molecule has 2 saturated heterocycles. The van der Waals surface area contributed by atoms with Crippen LogP contribution in [0.2, 0.25) is 0 Å². The lowest BCUT2D eigenvalue weighted by molar-refractivity contribution is -0.191. The molecule has 1 aromatic carbocycles. The van der Waals surface area contributed by atoms with Crippen LogP contribution in [0.4, 0.5) is 5.69 Å². The first kappa shape index (κ1) is 41.3. The summed E-state index contributed by atoms with van der Waals surface area (Å²) in [6, 6.07) is 5.01. The fourth-order valence-electron chi connectivity index (χ4n) is 4.74. The summed E-state index contributed by atoms with van der Waals surface area (Å²) in [6.07, 6.45) is 0.887. The Kier molecular flexibility index (Phi) is 21.3. The standard InChI is InChI=1S/C33H54N4O13/c34-33(41)26-21-27(37-6-11-45-12-7-37)23-29(22-26)49-25-31(40)36-5-10-43-14-16-47-18-17-46-15-13-42-8-3-30(39)35-4-9-44-19-20-48-32-2-1-28(38)24-50-32/h21-23,28,32,38H,1-20,24-25H2,(H2,34,41)(H,35,39)(H,36,40). The van der Waals surface area contributed by atoms with Crippen LogP contribution < -0.4 is 26.0 Å². The van der Waals surface area contributed by atoms with Gasteiger partial charge in [-0.25, -0.2) is 0 Å². The Hall–Kier alpha value is -3.13. The molecule has 0 radical (unpaired) electrons. The van der Waals surface area contributed by atoms with Gasteiger partial charge in [-0.15, -0.1) is 0 Å². The van der Waals surface area contributed by atoms with Crippen LogP contribution >= 0.6 is 0 Å². The van der Waals surface area contributed by atoms with Crippen molar-refractivity contribution in [3.05, 3.63) is 23.8 Å². The molecule has 17 heteroatoms. The van der Waals surface area contributed by atoms with Gasteiger partial charge in [-0.05, 0) is 18.6 Å². The normalized spacial score (nSPS) is 17.7. The van der Waals surface area contributed by atoms with Crippen LogP contribution in [-0.2, 0) is 47.5 Å². The third-order valence-electron chi connectivity index (χ3n) is 7.39. The minimum Gasteiger partial charge on any atom is -0.484 e. The Labute approximate surface area is 293 Å². The lowest BCUT2D eigenvalue weighted by Gasteiger charge is -2.29. The molecule has 0 aliphatic carbocycles. The van der Waals surface area contributed by atoms with E-state index in [2.05, 4.69) is 15.5 Å². The van der Waals surface area contributed by atoms with Crippen LogP contribution in [0, 0.1) is 0 Å². The van der Waals surface area contributed by atoms with Crippen LogP contribution in [0.15, 0.2) is 18.2 Å². The number of nitrogens with zero attached hydrogens (tertiary/aromatic N) is 1. The number of morpholine rings is 1. The third-order valence-corrected chi connectivity index (χ3v) is 7.39. The number of nitrogens with two attached hydrogens (primary N) is 1. The first-order valence-electron chi connectivity index (χ1n) is 17.1. The van der Waals surface area contributed by atoms with Gasteiger partial charge < -0.3 is 69.0 Å². The second kappa shape index (κ2) is 25.8. The number of anilines is 1. The van der Waals surface area contributed by atoms with Crippen LogP contribution in [0.25, 0.3) is 0 Å². The summed E-state index contributed by atoms with van der Waals surface area (Å²) in [5, 5.41) is 14.9. The number of hydrogen-bond donors (Lipinski definition) is 4. The number of primary amides is 1. The second-order valence-corrected chi connectivity index (χ2v) is 11.3. The first-order chi connectivity index (χ1) is 24.4. The smallest absolute Gasteiger partial charge is 0.258 e. The monoisotopic (exact) mass is 714 g/mol. The van der Waals surface area contributed by atoms with E-state index in [1.54, 1.807) is 12.1 Å². The average Bonchev–Trinajstić information content (AvgIpc) is 3.13. The van der Waals surface area contributed by atoms with Gasteiger partial charge in [-0.3, -0.25) is 14.4 Å². The fourth-order valence-corrected chi connectivity index (χ4v) is 4.74. The van der Waals surface area contributed by atoms with Gasteiger partial charge in [-0.1, -0.05) is 0 Å². The number of aliphatic hydroxyl groups excluding tert-OH is 1. The van der Waals surface area contributed by atoms with E-state index in [4.69, 9.17) is 48.4 Å². The zero-order chi connectivity index (χ0) is 35.7. The molecule has 3 rings (SSSR count). The molecule has 2 heterocycles. The number of rotatable bonds is 27. The third kappa shape index (κ3) is 18.7. The maximum Gasteiger partial charge on any atom is 0.258 e. The highest BCUT2D eigenvalue weighted by Gasteiger charge is 2.20. The highest BCUT2D eigenvalue weighted by atomic mass is 16.7. The van der Waals surface area contributed by atoms with Crippen molar-refractivity contribution in [3.63, 3.8) is 0 Å². The summed E-state index contributed by atoms with van der Waals surface area (Å²) in [5.41, 5.74) is 6.57. The number of ether oxygens (including phenoxy) is 9. The van der Waals surface area contributed by atoms with Gasteiger partial charge in [-0.2, -0.15) is 0 Å². The number of benzene rings is 1. The largest absolute Gasteiger partial charge is 0.484 e. The Morgan fingerprint density at radius 1 is 0.780 bits per heavy atom. The highest BCUT2D eigenvalue weighted by Crippen LogP contribution is 2.25. The van der Waals surface area contributed by atoms with Crippen LogP contribution in [0.1, 0.15) is 29.6 Å². The molecule has 3 amide bonds. The van der Waals surface area contributed by atoms with E-state index < -0.39 is 12.0 Å². The SMILES string of the molecule is NC(=O)c1cc(OCC(=O)NCCOCCOCCOCCOCCC(=O)NCCOCCOC2CCC(O)CO2)cc(N2CCOCC2)c1. The lowest BCUT2D eigenvalue weighted by Crippen LogP contribution is -2.36. The summed E-state index contributed by atoms with van der Waals surface area (Å²) in [5.74, 6) is -0.625. The van der Waals surface area contributed by atoms with E-state index in [1.807, 2.05) is 0 Å². The van der Waals surface area contributed by atoms with Gasteiger partial charge in [0.1, 0.15) is 5.75 Å². The van der Waals surface area contributed by atoms with Gasteiger partial charge in [0, 0.05) is 56.3 Å². The molecule has 50 heavy (non-hydrogen) atoms. The minimum atomic E-state index is -0.573. The predicted octanol–water partition coefficient (Wildman–Crippen LogP) is -0.780. The van der Waals surface area contributed by atoms with Crippen LogP contribution in [0.5, 0.6) is 5.75 Å². The maximum absolute atomic E-state index is 12.2. The fraction of sp³-hybridized carbons (Fsp3) is 0.727. The molecule has 2 fully saturated rings. The van der Waals surface area contributed by atoms with E-state index in [0.717, 1.165) is 5.69 Å². The van der Waals surface area contributed by atoms with E-state index in [-0.39, 0.29) is 31.1 Å². The molecule has 0 bridgehead atoms. The van der Waals surface area contributed by atoms with Gasteiger partial charge in [0.25, 0.3) is 5.91 Å². The van der Waals surface area contributed by atoms with Gasteiger partial charge >= 0.3 is 0 Å². The minimum absolute atomic E-state index is 0.116. The number of carbonyl (C=O) groups is 3. The topological polar surface area (TPSA) is 208 Å². The van der Waals surface area contributed by atoms with Crippen molar-refractivity contribution in [2.24, 2.45) is 5.73 Å². The Morgan fingerprint density at radius 3 is 2.00 bits per heavy atom. The summed E-state index contributed by atoms with van der Waals surface area (Å²) in [7, 11) is 0. The molecule has 1 aromatic rings. The van der Waals surface area contributed by atoms with Crippen molar-refractivity contribution in [3.8, 4) is 5.75 Å². The van der Waals surface area contributed by atoms with E-state index in [1.165, 1.54) is 6.07 Å². The van der Waals surface area contributed by atoms with Crippen LogP contribution in [0.3, 0.4) is 0 Å². The highest BCUT2D eigenvalue weighted by molar-refractivity contribution is 5.94. The molecule has 17 nitrogen and oxygen atoms in total. The van der Waals surface area contributed by atoms with Crippen molar-refractivity contribution < 1.29 is 62.1 Å². The van der Waals surface area contributed by atoms with Crippen molar-refractivity contribution in [1.82, 2.24) is 10.6 Å². The number of amides is 3. The zero-order valence-electron chi connectivity index (χ0n) is 28.8. The van der Waals surface area contributed by atoms with Crippen molar-refractivity contribution in [2.45, 2.75) is 31.7 Å². The lowest BCUT2D eigenvalue weighted by atomic mass is 10.1. The number of carbonyl (C=O) groups excluding carboxylic acids is 3.